The molecule has 2 saturated carbocycles. The normalized spacial score (nSPS) is 41.2. The molecule has 0 aromatic heterocycles. The Labute approximate surface area is 97.8 Å². The molecule has 0 spiro atoms. The lowest BCUT2D eigenvalue weighted by Crippen LogP contribution is -2.27. The standard InChI is InChI=1S/C14H24F2/c1-10-2-4-11(5-3-10)12-6-8-13(9-7-12)14(15)16/h10-14H,2-9H2,1H3. The summed E-state index contributed by atoms with van der Waals surface area (Å²) in [6.45, 7) is 2.34. The van der Waals surface area contributed by atoms with Crippen LogP contribution in [-0.4, -0.2) is 6.43 Å². The van der Waals surface area contributed by atoms with Crippen molar-refractivity contribution in [3.63, 3.8) is 0 Å². The third-order valence-corrected chi connectivity index (χ3v) is 4.90. The van der Waals surface area contributed by atoms with E-state index in [4.69, 9.17) is 0 Å². The topological polar surface area (TPSA) is 0 Å². The molecule has 0 unspecified atom stereocenters. The average molecular weight is 230 g/mol. The van der Waals surface area contributed by atoms with Crippen molar-refractivity contribution in [2.45, 2.75) is 64.7 Å². The molecule has 0 heterocycles. The van der Waals surface area contributed by atoms with Gasteiger partial charge in [-0.2, -0.15) is 0 Å². The summed E-state index contributed by atoms with van der Waals surface area (Å²) in [4.78, 5) is 0. The molecule has 2 rings (SSSR count). The Morgan fingerprint density at radius 3 is 1.62 bits per heavy atom. The smallest absolute Gasteiger partial charge is 0.210 e. The third kappa shape index (κ3) is 2.95. The summed E-state index contributed by atoms with van der Waals surface area (Å²) in [7, 11) is 0. The lowest BCUT2D eigenvalue weighted by atomic mass is 9.69. The van der Waals surface area contributed by atoms with Gasteiger partial charge in [-0.15, -0.1) is 0 Å². The minimum absolute atomic E-state index is 0.293. The summed E-state index contributed by atoms with van der Waals surface area (Å²) in [6.07, 6.45) is 7.02. The van der Waals surface area contributed by atoms with Crippen LogP contribution in [0.1, 0.15) is 58.3 Å². The minimum Gasteiger partial charge on any atom is -0.210 e. The van der Waals surface area contributed by atoms with Crippen LogP contribution in [0.25, 0.3) is 0 Å². The SMILES string of the molecule is CC1CCC(C2CCC(C(F)F)CC2)CC1. The molecule has 0 aromatic rings. The number of hydrogen-bond donors (Lipinski definition) is 0. The molecule has 2 fully saturated rings. The number of halogens is 2. The zero-order chi connectivity index (χ0) is 11.5. The van der Waals surface area contributed by atoms with Crippen molar-refractivity contribution >= 4 is 0 Å². The van der Waals surface area contributed by atoms with E-state index >= 15 is 0 Å². The number of hydrogen-bond acceptors (Lipinski definition) is 0. The average Bonchev–Trinajstić information content (AvgIpc) is 2.30. The second kappa shape index (κ2) is 5.46. The zero-order valence-corrected chi connectivity index (χ0v) is 10.3. The first-order chi connectivity index (χ1) is 7.66. The Hall–Kier alpha value is -0.140. The van der Waals surface area contributed by atoms with E-state index in [-0.39, 0.29) is 5.92 Å². The maximum Gasteiger partial charge on any atom is 0.241 e. The highest BCUT2D eigenvalue weighted by molar-refractivity contribution is 4.81. The largest absolute Gasteiger partial charge is 0.241 e. The molecule has 2 aliphatic rings. The van der Waals surface area contributed by atoms with Crippen LogP contribution in [0.5, 0.6) is 0 Å². The molecular weight excluding hydrogens is 206 g/mol. The number of rotatable bonds is 2. The van der Waals surface area contributed by atoms with Crippen molar-refractivity contribution in [1.82, 2.24) is 0 Å². The van der Waals surface area contributed by atoms with Gasteiger partial charge in [0.25, 0.3) is 0 Å². The molecular formula is C14H24F2. The van der Waals surface area contributed by atoms with Gasteiger partial charge in [0.1, 0.15) is 0 Å². The molecule has 94 valence electrons. The first-order valence-electron chi connectivity index (χ1n) is 6.95. The maximum atomic E-state index is 12.5. The minimum atomic E-state index is -2.08. The van der Waals surface area contributed by atoms with E-state index in [9.17, 15) is 8.78 Å². The van der Waals surface area contributed by atoms with E-state index in [1.54, 1.807) is 0 Å². The Balaban J connectivity index is 1.76. The predicted octanol–water partition coefficient (Wildman–Crippen LogP) is 4.88. The Bertz CT molecular complexity index is 199. The molecule has 0 radical (unpaired) electrons. The molecule has 0 atom stereocenters. The van der Waals surface area contributed by atoms with Gasteiger partial charge >= 0.3 is 0 Å². The Morgan fingerprint density at radius 1 is 0.750 bits per heavy atom. The summed E-state index contributed by atoms with van der Waals surface area (Å²) in [5.41, 5.74) is 0. The van der Waals surface area contributed by atoms with Gasteiger partial charge in [0, 0.05) is 5.92 Å². The lowest BCUT2D eigenvalue weighted by molar-refractivity contribution is 0.0345. The molecule has 0 aromatic carbocycles. The van der Waals surface area contributed by atoms with Crippen molar-refractivity contribution < 1.29 is 8.78 Å². The summed E-state index contributed by atoms with van der Waals surface area (Å²) in [6, 6.07) is 0. The predicted molar refractivity (Wildman–Crippen MR) is 62.6 cm³/mol. The van der Waals surface area contributed by atoms with Gasteiger partial charge in [0.05, 0.1) is 0 Å². The Morgan fingerprint density at radius 2 is 1.19 bits per heavy atom. The van der Waals surface area contributed by atoms with Crippen molar-refractivity contribution in [1.29, 1.82) is 0 Å². The molecule has 2 heteroatoms. The molecule has 0 saturated heterocycles. The number of alkyl halides is 2. The molecule has 2 aliphatic carbocycles. The van der Waals surface area contributed by atoms with Gasteiger partial charge in [-0.3, -0.25) is 0 Å². The van der Waals surface area contributed by atoms with E-state index in [1.165, 1.54) is 25.7 Å². The monoisotopic (exact) mass is 230 g/mol. The van der Waals surface area contributed by atoms with Crippen LogP contribution in [0.3, 0.4) is 0 Å². The van der Waals surface area contributed by atoms with E-state index in [1.807, 2.05) is 0 Å². The molecule has 0 aliphatic heterocycles. The summed E-state index contributed by atoms with van der Waals surface area (Å²) in [5.74, 6) is 2.23. The van der Waals surface area contributed by atoms with Crippen LogP contribution in [0.15, 0.2) is 0 Å². The quantitative estimate of drug-likeness (QED) is 0.634. The second-order valence-corrected chi connectivity index (χ2v) is 6.03. The van der Waals surface area contributed by atoms with Gasteiger partial charge in [-0.25, -0.2) is 8.78 Å². The summed E-state index contributed by atoms with van der Waals surface area (Å²) < 4.78 is 25.1. The van der Waals surface area contributed by atoms with Gasteiger partial charge in [-0.1, -0.05) is 19.8 Å². The fourth-order valence-corrected chi connectivity index (χ4v) is 3.63. The van der Waals surface area contributed by atoms with E-state index in [2.05, 4.69) is 6.92 Å². The van der Waals surface area contributed by atoms with Crippen molar-refractivity contribution in [2.24, 2.45) is 23.7 Å². The van der Waals surface area contributed by atoms with Crippen LogP contribution in [0, 0.1) is 23.7 Å². The molecule has 0 N–H and O–H groups in total. The fourth-order valence-electron chi connectivity index (χ4n) is 3.63. The molecule has 16 heavy (non-hydrogen) atoms. The molecule has 0 bridgehead atoms. The highest BCUT2D eigenvalue weighted by Crippen LogP contribution is 2.42. The summed E-state index contributed by atoms with van der Waals surface area (Å²) in [5, 5.41) is 0. The first-order valence-corrected chi connectivity index (χ1v) is 6.95. The van der Waals surface area contributed by atoms with Gasteiger partial charge < -0.3 is 0 Å². The van der Waals surface area contributed by atoms with Crippen LogP contribution >= 0.6 is 0 Å². The highest BCUT2D eigenvalue weighted by atomic mass is 19.3. The molecule has 0 nitrogen and oxygen atoms in total. The van der Waals surface area contributed by atoms with E-state index in [0.717, 1.165) is 43.4 Å². The molecule has 0 amide bonds. The van der Waals surface area contributed by atoms with Crippen molar-refractivity contribution in [2.75, 3.05) is 0 Å². The third-order valence-electron chi connectivity index (χ3n) is 4.90. The van der Waals surface area contributed by atoms with Crippen LogP contribution < -0.4 is 0 Å². The van der Waals surface area contributed by atoms with E-state index in [0.29, 0.717) is 0 Å². The highest BCUT2D eigenvalue weighted by Gasteiger charge is 2.32. The fraction of sp³-hybridized carbons (Fsp3) is 1.00. The van der Waals surface area contributed by atoms with Crippen molar-refractivity contribution in [3.05, 3.63) is 0 Å². The van der Waals surface area contributed by atoms with Crippen molar-refractivity contribution in [3.8, 4) is 0 Å². The zero-order valence-electron chi connectivity index (χ0n) is 10.3. The van der Waals surface area contributed by atoms with Crippen LogP contribution in [0.4, 0.5) is 8.78 Å². The summed E-state index contributed by atoms with van der Waals surface area (Å²) >= 11 is 0. The maximum absolute atomic E-state index is 12.5. The van der Waals surface area contributed by atoms with Crippen LogP contribution in [0.2, 0.25) is 0 Å². The van der Waals surface area contributed by atoms with Gasteiger partial charge in [0.2, 0.25) is 6.43 Å². The second-order valence-electron chi connectivity index (χ2n) is 6.03. The van der Waals surface area contributed by atoms with Gasteiger partial charge in [0.15, 0.2) is 0 Å². The first kappa shape index (κ1) is 12.3. The van der Waals surface area contributed by atoms with E-state index < -0.39 is 6.43 Å². The Kier molecular flexibility index (Phi) is 4.21. The van der Waals surface area contributed by atoms with Gasteiger partial charge in [-0.05, 0) is 56.3 Å². The lowest BCUT2D eigenvalue weighted by Gasteiger charge is -2.37. The van der Waals surface area contributed by atoms with Crippen LogP contribution in [-0.2, 0) is 0 Å².